The zero-order valence-corrected chi connectivity index (χ0v) is 12.9. The van der Waals surface area contributed by atoms with Crippen molar-refractivity contribution < 1.29 is 19.2 Å². The molecule has 2 rings (SSSR count). The minimum Gasteiger partial charge on any atom is -0.389 e. The van der Waals surface area contributed by atoms with Crippen LogP contribution in [0.15, 0.2) is 34.9 Å². The van der Waals surface area contributed by atoms with Gasteiger partial charge in [-0.2, -0.15) is 0 Å². The molecular weight excluding hydrogens is 284 g/mol. The lowest BCUT2D eigenvalue weighted by Crippen LogP contribution is -2.36. The number of hydrogen-bond donors (Lipinski definition) is 1. The van der Waals surface area contributed by atoms with E-state index in [9.17, 15) is 9.90 Å². The normalized spacial score (nSPS) is 12.2. The number of ether oxygens (including phenoxy) is 1. The summed E-state index contributed by atoms with van der Waals surface area (Å²) >= 11 is 0. The number of carbonyl (C=O) groups is 1. The molecule has 118 valence electrons. The second-order valence-corrected chi connectivity index (χ2v) is 5.12. The van der Waals surface area contributed by atoms with Crippen molar-refractivity contribution in [1.29, 1.82) is 0 Å². The van der Waals surface area contributed by atoms with Crippen molar-refractivity contribution in [3.8, 4) is 11.3 Å². The Morgan fingerprint density at radius 2 is 2.09 bits per heavy atom. The summed E-state index contributed by atoms with van der Waals surface area (Å²) in [6.45, 7) is 2.05. The summed E-state index contributed by atoms with van der Waals surface area (Å²) < 4.78 is 10.1. The SMILES string of the molecule is COCC(O)CN(C)C(=O)c1c(-c2ccccc2)noc1C. The lowest BCUT2D eigenvalue weighted by Gasteiger charge is -2.20. The van der Waals surface area contributed by atoms with Gasteiger partial charge in [-0.15, -0.1) is 0 Å². The molecule has 1 heterocycles. The summed E-state index contributed by atoms with van der Waals surface area (Å²) in [7, 11) is 3.13. The van der Waals surface area contributed by atoms with Gasteiger partial charge >= 0.3 is 0 Å². The average molecular weight is 304 g/mol. The topological polar surface area (TPSA) is 75.8 Å². The largest absolute Gasteiger partial charge is 0.389 e. The highest BCUT2D eigenvalue weighted by Gasteiger charge is 2.25. The Bertz CT molecular complexity index is 624. The summed E-state index contributed by atoms with van der Waals surface area (Å²) in [5.41, 5.74) is 1.74. The first-order chi connectivity index (χ1) is 10.5. The molecule has 0 spiro atoms. The lowest BCUT2D eigenvalue weighted by atomic mass is 10.1. The molecule has 1 unspecified atom stereocenters. The number of aliphatic hydroxyl groups is 1. The Balaban J connectivity index is 2.25. The molecule has 1 N–H and O–H groups in total. The molecule has 1 atom stereocenters. The van der Waals surface area contributed by atoms with E-state index in [1.807, 2.05) is 30.3 Å². The van der Waals surface area contributed by atoms with Gasteiger partial charge in [0, 0.05) is 26.3 Å². The van der Waals surface area contributed by atoms with Crippen LogP contribution in [0.2, 0.25) is 0 Å². The fourth-order valence-electron chi connectivity index (χ4n) is 2.25. The number of nitrogens with zero attached hydrogens (tertiary/aromatic N) is 2. The average Bonchev–Trinajstić information content (AvgIpc) is 2.89. The Kier molecular flexibility index (Phi) is 5.30. The molecule has 0 radical (unpaired) electrons. The van der Waals surface area contributed by atoms with Crippen molar-refractivity contribution in [1.82, 2.24) is 10.1 Å². The zero-order valence-electron chi connectivity index (χ0n) is 12.9. The number of benzene rings is 1. The summed E-state index contributed by atoms with van der Waals surface area (Å²) in [5, 5.41) is 13.8. The number of rotatable bonds is 6. The predicted octanol–water partition coefficient (Wildman–Crippen LogP) is 1.73. The van der Waals surface area contributed by atoms with E-state index in [1.165, 1.54) is 12.0 Å². The maximum absolute atomic E-state index is 12.6. The number of methoxy groups -OCH3 is 1. The van der Waals surface area contributed by atoms with E-state index in [4.69, 9.17) is 9.26 Å². The second-order valence-electron chi connectivity index (χ2n) is 5.12. The van der Waals surface area contributed by atoms with Gasteiger partial charge in [-0.05, 0) is 6.92 Å². The van der Waals surface area contributed by atoms with Crippen LogP contribution in [-0.4, -0.2) is 54.5 Å². The third kappa shape index (κ3) is 3.52. The maximum Gasteiger partial charge on any atom is 0.259 e. The molecule has 0 bridgehead atoms. The van der Waals surface area contributed by atoms with Gasteiger partial charge in [0.15, 0.2) is 0 Å². The van der Waals surface area contributed by atoms with Gasteiger partial charge in [0.1, 0.15) is 17.0 Å². The van der Waals surface area contributed by atoms with Gasteiger partial charge in [0.2, 0.25) is 0 Å². The van der Waals surface area contributed by atoms with Gasteiger partial charge in [-0.25, -0.2) is 0 Å². The first-order valence-corrected chi connectivity index (χ1v) is 6.98. The van der Waals surface area contributed by atoms with Crippen molar-refractivity contribution >= 4 is 5.91 Å². The Morgan fingerprint density at radius 1 is 1.41 bits per heavy atom. The van der Waals surface area contributed by atoms with Crippen molar-refractivity contribution in [3.63, 3.8) is 0 Å². The predicted molar refractivity (Wildman–Crippen MR) is 81.5 cm³/mol. The van der Waals surface area contributed by atoms with Gasteiger partial charge in [0.05, 0.1) is 12.7 Å². The Labute approximate surface area is 129 Å². The summed E-state index contributed by atoms with van der Waals surface area (Å²) in [6.07, 6.45) is -0.737. The van der Waals surface area contributed by atoms with E-state index < -0.39 is 6.10 Å². The monoisotopic (exact) mass is 304 g/mol. The van der Waals surface area contributed by atoms with Crippen LogP contribution in [0.3, 0.4) is 0 Å². The summed E-state index contributed by atoms with van der Waals surface area (Å²) in [4.78, 5) is 14.1. The van der Waals surface area contributed by atoms with Crippen LogP contribution in [0.4, 0.5) is 0 Å². The molecule has 1 amide bonds. The molecule has 0 aliphatic rings. The second kappa shape index (κ2) is 7.20. The van der Waals surface area contributed by atoms with Gasteiger partial charge in [-0.1, -0.05) is 35.5 Å². The number of carbonyl (C=O) groups excluding carboxylic acids is 1. The minimum absolute atomic E-state index is 0.172. The first-order valence-electron chi connectivity index (χ1n) is 6.98. The van der Waals surface area contributed by atoms with Crippen LogP contribution in [0.1, 0.15) is 16.1 Å². The number of hydrogen-bond acceptors (Lipinski definition) is 5. The molecule has 22 heavy (non-hydrogen) atoms. The van der Waals surface area contributed by atoms with Gasteiger partial charge < -0.3 is 19.3 Å². The quantitative estimate of drug-likeness (QED) is 0.879. The number of aromatic nitrogens is 1. The Hall–Kier alpha value is -2.18. The molecule has 2 aromatic rings. The molecule has 0 fully saturated rings. The van der Waals surface area contributed by atoms with Crippen LogP contribution in [0.5, 0.6) is 0 Å². The molecule has 6 nitrogen and oxygen atoms in total. The number of aliphatic hydroxyl groups excluding tert-OH is 1. The molecule has 6 heteroatoms. The van der Waals surface area contributed by atoms with Crippen LogP contribution in [-0.2, 0) is 4.74 Å². The fraction of sp³-hybridized carbons (Fsp3) is 0.375. The molecule has 0 saturated heterocycles. The minimum atomic E-state index is -0.737. The highest BCUT2D eigenvalue weighted by atomic mass is 16.5. The standard InChI is InChI=1S/C16H20N2O4/c1-11-14(16(20)18(2)9-13(19)10-21-3)15(17-22-11)12-7-5-4-6-8-12/h4-8,13,19H,9-10H2,1-3H3. The van der Waals surface area contributed by atoms with E-state index in [0.29, 0.717) is 17.0 Å². The highest BCUT2D eigenvalue weighted by molar-refractivity contribution is 6.00. The van der Waals surface area contributed by atoms with Crippen molar-refractivity contribution in [3.05, 3.63) is 41.7 Å². The van der Waals surface area contributed by atoms with Crippen LogP contribution < -0.4 is 0 Å². The van der Waals surface area contributed by atoms with E-state index >= 15 is 0 Å². The number of amides is 1. The van der Waals surface area contributed by atoms with E-state index in [1.54, 1.807) is 14.0 Å². The molecule has 1 aromatic heterocycles. The van der Waals surface area contributed by atoms with Gasteiger partial charge in [-0.3, -0.25) is 4.79 Å². The lowest BCUT2D eigenvalue weighted by molar-refractivity contribution is 0.0380. The van der Waals surface area contributed by atoms with Crippen LogP contribution in [0.25, 0.3) is 11.3 Å². The van der Waals surface area contributed by atoms with Crippen LogP contribution in [0, 0.1) is 6.92 Å². The third-order valence-corrected chi connectivity index (χ3v) is 3.31. The highest BCUT2D eigenvalue weighted by Crippen LogP contribution is 2.26. The fourth-order valence-corrected chi connectivity index (χ4v) is 2.25. The van der Waals surface area contributed by atoms with Gasteiger partial charge in [0.25, 0.3) is 5.91 Å². The van der Waals surface area contributed by atoms with E-state index in [0.717, 1.165) is 5.56 Å². The maximum atomic E-state index is 12.6. The molecule has 0 saturated carbocycles. The number of aryl methyl sites for hydroxylation is 1. The van der Waals surface area contributed by atoms with Crippen molar-refractivity contribution in [2.24, 2.45) is 0 Å². The molecular formula is C16H20N2O4. The Morgan fingerprint density at radius 3 is 2.73 bits per heavy atom. The smallest absolute Gasteiger partial charge is 0.259 e. The zero-order chi connectivity index (χ0) is 16.1. The summed E-state index contributed by atoms with van der Waals surface area (Å²) in [6, 6.07) is 9.38. The van der Waals surface area contributed by atoms with Crippen molar-refractivity contribution in [2.75, 3.05) is 27.3 Å². The number of likely N-dealkylation sites (N-methyl/N-ethyl adjacent to an activating group) is 1. The van der Waals surface area contributed by atoms with E-state index in [-0.39, 0.29) is 19.1 Å². The molecule has 0 aliphatic carbocycles. The summed E-state index contributed by atoms with van der Waals surface area (Å²) in [5.74, 6) is 0.213. The van der Waals surface area contributed by atoms with E-state index in [2.05, 4.69) is 5.16 Å². The first kappa shape index (κ1) is 16.2. The third-order valence-electron chi connectivity index (χ3n) is 3.31. The van der Waals surface area contributed by atoms with Crippen molar-refractivity contribution in [2.45, 2.75) is 13.0 Å². The van der Waals surface area contributed by atoms with Crippen LogP contribution >= 0.6 is 0 Å². The molecule has 1 aromatic carbocycles. The molecule has 0 aliphatic heterocycles.